The lowest BCUT2D eigenvalue weighted by Crippen LogP contribution is -2.29. The van der Waals surface area contributed by atoms with Crippen LogP contribution in [-0.4, -0.2) is 24.6 Å². The van der Waals surface area contributed by atoms with E-state index < -0.39 is 26.6 Å². The smallest absolute Gasteiger partial charge is 0.386 e. The summed E-state index contributed by atoms with van der Waals surface area (Å²) in [4.78, 5) is 0. The fraction of sp³-hybridized carbons (Fsp3) is 0.500. The summed E-state index contributed by atoms with van der Waals surface area (Å²) in [6.45, 7) is 13.1. The van der Waals surface area contributed by atoms with Crippen molar-refractivity contribution in [2.24, 2.45) is 0 Å². The molecular weight excluding hydrogens is 489 g/mol. The van der Waals surface area contributed by atoms with Gasteiger partial charge in [0.05, 0.1) is 5.60 Å². The molecule has 0 saturated carbocycles. The second-order valence-corrected chi connectivity index (χ2v) is 11.0. The number of alkyl halides is 3. The molecule has 2 aromatic rings. The molecule has 0 amide bonds. The first-order valence-electron chi connectivity index (χ1n) is 12.2. The SMILES string of the molecule is CCC(O)(/C=C/c1ccc(C(CC)(CC)c2cc(C)c(OS(=O)(=O)C(F)(F)F)c(C)c2)cc1C)CC. The molecule has 200 valence electrons. The Kier molecular flexibility index (Phi) is 9.11. The normalized spacial score (nSPS) is 13.4. The molecule has 0 bridgehead atoms. The Morgan fingerprint density at radius 3 is 1.75 bits per heavy atom. The standard InChI is InChI=1S/C28H37F3O4S/c1-8-26(32,9-2)15-14-22-12-13-23(16-19(22)5)27(10-3,11-4)24-17-20(6)25(21(7)18-24)35-36(33,34)28(29,30)31/h12-18,32H,8-11H2,1-7H3/b15-14+. The first kappa shape index (κ1) is 29.9. The van der Waals surface area contributed by atoms with Crippen LogP contribution in [0, 0.1) is 20.8 Å². The minimum atomic E-state index is -5.76. The lowest BCUT2D eigenvalue weighted by atomic mass is 9.69. The van der Waals surface area contributed by atoms with Crippen molar-refractivity contribution in [1.82, 2.24) is 0 Å². The molecule has 2 rings (SSSR count). The van der Waals surface area contributed by atoms with Crippen LogP contribution in [0.3, 0.4) is 0 Å². The number of benzene rings is 2. The molecule has 0 atom stereocenters. The summed E-state index contributed by atoms with van der Waals surface area (Å²) in [5.41, 5.74) is -2.18. The maximum Gasteiger partial charge on any atom is 0.534 e. The third-order valence-electron chi connectivity index (χ3n) is 7.32. The summed E-state index contributed by atoms with van der Waals surface area (Å²) in [7, 11) is -5.76. The quantitative estimate of drug-likeness (QED) is 0.257. The van der Waals surface area contributed by atoms with Gasteiger partial charge in [0.1, 0.15) is 5.75 Å². The Labute approximate surface area is 213 Å². The summed E-state index contributed by atoms with van der Waals surface area (Å²) in [5.74, 6) is -0.298. The van der Waals surface area contributed by atoms with Crippen molar-refractivity contribution in [1.29, 1.82) is 0 Å². The van der Waals surface area contributed by atoms with Crippen LogP contribution >= 0.6 is 0 Å². The van der Waals surface area contributed by atoms with Gasteiger partial charge in [0, 0.05) is 5.41 Å². The Morgan fingerprint density at radius 1 is 0.833 bits per heavy atom. The van der Waals surface area contributed by atoms with E-state index in [0.717, 1.165) is 35.1 Å². The van der Waals surface area contributed by atoms with E-state index in [1.165, 1.54) is 0 Å². The van der Waals surface area contributed by atoms with Crippen molar-refractivity contribution in [3.63, 3.8) is 0 Å². The van der Waals surface area contributed by atoms with Gasteiger partial charge in [0.2, 0.25) is 0 Å². The molecule has 4 nitrogen and oxygen atoms in total. The highest BCUT2D eigenvalue weighted by atomic mass is 32.2. The van der Waals surface area contributed by atoms with Crippen molar-refractivity contribution in [3.8, 4) is 5.75 Å². The second-order valence-electron chi connectivity index (χ2n) is 9.43. The maximum atomic E-state index is 12.9. The summed E-state index contributed by atoms with van der Waals surface area (Å²) < 4.78 is 66.3. The van der Waals surface area contributed by atoms with Crippen molar-refractivity contribution in [2.45, 2.75) is 90.7 Å². The van der Waals surface area contributed by atoms with Gasteiger partial charge in [-0.3, -0.25) is 0 Å². The highest BCUT2D eigenvalue weighted by Crippen LogP contribution is 2.42. The van der Waals surface area contributed by atoms with E-state index in [2.05, 4.69) is 24.1 Å². The number of halogens is 3. The van der Waals surface area contributed by atoms with Gasteiger partial charge in [0.15, 0.2) is 0 Å². The molecule has 2 aromatic carbocycles. The predicted octanol–water partition coefficient (Wildman–Crippen LogP) is 7.51. The van der Waals surface area contributed by atoms with E-state index in [1.54, 1.807) is 26.0 Å². The van der Waals surface area contributed by atoms with E-state index >= 15 is 0 Å². The molecule has 0 aliphatic rings. The van der Waals surface area contributed by atoms with Gasteiger partial charge in [-0.1, -0.05) is 70.2 Å². The Bertz CT molecular complexity index is 1180. The number of hydrogen-bond acceptors (Lipinski definition) is 4. The van der Waals surface area contributed by atoms with Gasteiger partial charge < -0.3 is 9.29 Å². The van der Waals surface area contributed by atoms with Crippen molar-refractivity contribution >= 4 is 16.2 Å². The highest BCUT2D eigenvalue weighted by molar-refractivity contribution is 7.88. The average Bonchev–Trinajstić information content (AvgIpc) is 2.81. The van der Waals surface area contributed by atoms with Crippen LogP contribution in [0.25, 0.3) is 6.08 Å². The molecule has 0 unspecified atom stereocenters. The van der Waals surface area contributed by atoms with E-state index in [9.17, 15) is 26.7 Å². The minimum Gasteiger partial charge on any atom is -0.386 e. The van der Waals surface area contributed by atoms with E-state index in [-0.39, 0.29) is 5.75 Å². The molecule has 0 fully saturated rings. The van der Waals surface area contributed by atoms with E-state index in [0.29, 0.717) is 24.0 Å². The fourth-order valence-corrected chi connectivity index (χ4v) is 5.22. The Hall–Kier alpha value is -2.32. The first-order chi connectivity index (χ1) is 16.6. The molecule has 8 heteroatoms. The maximum absolute atomic E-state index is 12.9. The van der Waals surface area contributed by atoms with Crippen LogP contribution in [0.2, 0.25) is 0 Å². The van der Waals surface area contributed by atoms with Crippen LogP contribution < -0.4 is 4.18 Å². The monoisotopic (exact) mass is 526 g/mol. The fourth-order valence-electron chi connectivity index (χ4n) is 4.64. The number of hydrogen-bond donors (Lipinski definition) is 1. The summed E-state index contributed by atoms with van der Waals surface area (Å²) >= 11 is 0. The summed E-state index contributed by atoms with van der Waals surface area (Å²) in [5, 5.41) is 10.6. The third kappa shape index (κ3) is 5.97. The number of aryl methyl sites for hydroxylation is 3. The predicted molar refractivity (Wildman–Crippen MR) is 139 cm³/mol. The molecule has 36 heavy (non-hydrogen) atoms. The topological polar surface area (TPSA) is 63.6 Å². The van der Waals surface area contributed by atoms with Crippen molar-refractivity contribution < 1.29 is 30.9 Å². The van der Waals surface area contributed by atoms with Gasteiger partial charge in [-0.05, 0) is 79.8 Å². The zero-order chi connectivity index (χ0) is 27.5. The van der Waals surface area contributed by atoms with Crippen LogP contribution in [-0.2, 0) is 15.5 Å². The average molecular weight is 527 g/mol. The van der Waals surface area contributed by atoms with Crippen LogP contribution in [0.15, 0.2) is 36.4 Å². The molecule has 0 heterocycles. The van der Waals surface area contributed by atoms with Gasteiger partial charge in [-0.2, -0.15) is 21.6 Å². The zero-order valence-corrected chi connectivity index (χ0v) is 22.9. The van der Waals surface area contributed by atoms with E-state index in [1.807, 2.05) is 45.1 Å². The van der Waals surface area contributed by atoms with Gasteiger partial charge in [-0.15, -0.1) is 0 Å². The molecule has 1 N–H and O–H groups in total. The van der Waals surface area contributed by atoms with Crippen molar-refractivity contribution in [3.05, 3.63) is 69.8 Å². The molecule has 0 aliphatic heterocycles. The molecule has 0 aromatic heterocycles. The summed E-state index contributed by atoms with van der Waals surface area (Å²) in [6, 6.07) is 9.59. The molecule has 0 aliphatic carbocycles. The molecule has 0 spiro atoms. The van der Waals surface area contributed by atoms with E-state index in [4.69, 9.17) is 0 Å². The lowest BCUT2D eigenvalue weighted by molar-refractivity contribution is -0.0500. The lowest BCUT2D eigenvalue weighted by Gasteiger charge is -2.34. The van der Waals surface area contributed by atoms with Crippen molar-refractivity contribution in [2.75, 3.05) is 0 Å². The summed E-state index contributed by atoms with van der Waals surface area (Å²) in [6.07, 6.45) is 6.46. The van der Waals surface area contributed by atoms with Gasteiger partial charge >= 0.3 is 15.6 Å². The second kappa shape index (κ2) is 11.0. The largest absolute Gasteiger partial charge is 0.534 e. The van der Waals surface area contributed by atoms with Gasteiger partial charge in [-0.25, -0.2) is 0 Å². The zero-order valence-electron chi connectivity index (χ0n) is 22.1. The molecule has 0 saturated heterocycles. The van der Waals surface area contributed by atoms with Crippen LogP contribution in [0.4, 0.5) is 13.2 Å². The van der Waals surface area contributed by atoms with Crippen LogP contribution in [0.5, 0.6) is 5.75 Å². The highest BCUT2D eigenvalue weighted by Gasteiger charge is 2.49. The van der Waals surface area contributed by atoms with Crippen LogP contribution in [0.1, 0.15) is 86.8 Å². The minimum absolute atomic E-state index is 0.298. The number of aliphatic hydroxyl groups is 1. The Balaban J connectivity index is 2.56. The Morgan fingerprint density at radius 2 is 1.33 bits per heavy atom. The molecule has 0 radical (unpaired) electrons. The first-order valence-corrected chi connectivity index (χ1v) is 13.7. The number of rotatable bonds is 10. The third-order valence-corrected chi connectivity index (χ3v) is 8.27. The molecular formula is C28H37F3O4S. The van der Waals surface area contributed by atoms with Gasteiger partial charge in [0.25, 0.3) is 0 Å².